The molecular weight excluding hydrogens is 322 g/mol. The number of para-hydroxylation sites is 1. The summed E-state index contributed by atoms with van der Waals surface area (Å²) < 4.78 is 0. The molecule has 3 rings (SSSR count). The molecule has 5 nitrogen and oxygen atoms in total. The van der Waals surface area contributed by atoms with Crippen molar-refractivity contribution >= 4 is 34.8 Å². The quantitative estimate of drug-likeness (QED) is 0.827. The SMILES string of the molecule is O=C(NC(=S)Nc1ccccc1C(=O)N1CCCCCC1)C1CC1. The molecule has 0 radical (unpaired) electrons. The number of likely N-dealkylation sites (tertiary alicyclic amines) is 1. The van der Waals surface area contributed by atoms with Gasteiger partial charge in [-0.05, 0) is 50.0 Å². The highest BCUT2D eigenvalue weighted by Crippen LogP contribution is 2.28. The molecule has 1 aromatic rings. The van der Waals surface area contributed by atoms with Crippen LogP contribution < -0.4 is 10.6 Å². The summed E-state index contributed by atoms with van der Waals surface area (Å²) in [5.41, 5.74) is 1.25. The summed E-state index contributed by atoms with van der Waals surface area (Å²) >= 11 is 5.22. The third-order valence-corrected chi connectivity index (χ3v) is 4.69. The first-order valence-electron chi connectivity index (χ1n) is 8.65. The van der Waals surface area contributed by atoms with Crippen molar-refractivity contribution in [3.63, 3.8) is 0 Å². The molecule has 2 amide bonds. The van der Waals surface area contributed by atoms with Crippen LogP contribution in [0.4, 0.5) is 5.69 Å². The van der Waals surface area contributed by atoms with Gasteiger partial charge in [-0.3, -0.25) is 9.59 Å². The van der Waals surface area contributed by atoms with Gasteiger partial charge < -0.3 is 15.5 Å². The van der Waals surface area contributed by atoms with Crippen molar-refractivity contribution in [1.29, 1.82) is 0 Å². The fourth-order valence-corrected chi connectivity index (χ4v) is 3.15. The highest BCUT2D eigenvalue weighted by atomic mass is 32.1. The molecule has 6 heteroatoms. The lowest BCUT2D eigenvalue weighted by Crippen LogP contribution is -2.36. The fourth-order valence-electron chi connectivity index (χ4n) is 2.94. The monoisotopic (exact) mass is 345 g/mol. The van der Waals surface area contributed by atoms with Crippen molar-refractivity contribution in [3.05, 3.63) is 29.8 Å². The van der Waals surface area contributed by atoms with Gasteiger partial charge in [-0.15, -0.1) is 0 Å². The average molecular weight is 345 g/mol. The van der Waals surface area contributed by atoms with E-state index in [2.05, 4.69) is 10.6 Å². The summed E-state index contributed by atoms with van der Waals surface area (Å²) in [6, 6.07) is 7.33. The lowest BCUT2D eigenvalue weighted by molar-refractivity contribution is -0.120. The smallest absolute Gasteiger partial charge is 0.255 e. The molecule has 1 saturated heterocycles. The summed E-state index contributed by atoms with van der Waals surface area (Å²) in [7, 11) is 0. The molecule has 2 fully saturated rings. The van der Waals surface area contributed by atoms with Gasteiger partial charge in [0.2, 0.25) is 5.91 Å². The van der Waals surface area contributed by atoms with Crippen LogP contribution in [-0.2, 0) is 4.79 Å². The molecule has 0 aromatic heterocycles. The van der Waals surface area contributed by atoms with Crippen molar-refractivity contribution < 1.29 is 9.59 Å². The fraction of sp³-hybridized carbons (Fsp3) is 0.500. The van der Waals surface area contributed by atoms with Crippen LogP contribution in [0.1, 0.15) is 48.9 Å². The van der Waals surface area contributed by atoms with Gasteiger partial charge in [0.1, 0.15) is 0 Å². The van der Waals surface area contributed by atoms with Gasteiger partial charge in [0.05, 0.1) is 11.3 Å². The van der Waals surface area contributed by atoms with Gasteiger partial charge >= 0.3 is 0 Å². The first-order valence-corrected chi connectivity index (χ1v) is 9.06. The molecule has 1 heterocycles. The topological polar surface area (TPSA) is 61.4 Å². The van der Waals surface area contributed by atoms with Crippen LogP contribution in [0.25, 0.3) is 0 Å². The number of hydrogen-bond acceptors (Lipinski definition) is 3. The molecule has 1 aromatic carbocycles. The van der Waals surface area contributed by atoms with Crippen LogP contribution in [0.15, 0.2) is 24.3 Å². The van der Waals surface area contributed by atoms with E-state index in [4.69, 9.17) is 12.2 Å². The van der Waals surface area contributed by atoms with Crippen LogP contribution in [0.3, 0.4) is 0 Å². The van der Waals surface area contributed by atoms with Crippen molar-refractivity contribution in [2.24, 2.45) is 5.92 Å². The molecule has 0 atom stereocenters. The summed E-state index contributed by atoms with van der Waals surface area (Å²) in [5.74, 6) is 0.0823. The number of benzene rings is 1. The Labute approximate surface area is 147 Å². The van der Waals surface area contributed by atoms with Crippen LogP contribution in [0.5, 0.6) is 0 Å². The second-order valence-electron chi connectivity index (χ2n) is 6.47. The Morgan fingerprint density at radius 1 is 1.04 bits per heavy atom. The van der Waals surface area contributed by atoms with Crippen molar-refractivity contribution in [2.75, 3.05) is 18.4 Å². The van der Waals surface area contributed by atoms with Gasteiger partial charge in [0, 0.05) is 19.0 Å². The lowest BCUT2D eigenvalue weighted by atomic mass is 10.1. The number of carbonyl (C=O) groups excluding carboxylic acids is 2. The number of anilines is 1. The maximum absolute atomic E-state index is 12.9. The Morgan fingerprint density at radius 2 is 1.71 bits per heavy atom. The van der Waals surface area contributed by atoms with Gasteiger partial charge in [0.15, 0.2) is 5.11 Å². The van der Waals surface area contributed by atoms with E-state index in [0.717, 1.165) is 38.8 Å². The van der Waals surface area contributed by atoms with Crippen LogP contribution in [-0.4, -0.2) is 34.9 Å². The minimum atomic E-state index is -0.0381. The number of amides is 2. The molecule has 128 valence electrons. The average Bonchev–Trinajstić information content (AvgIpc) is 3.41. The molecule has 2 aliphatic rings. The summed E-state index contributed by atoms with van der Waals surface area (Å²) in [6.07, 6.45) is 6.33. The van der Waals surface area contributed by atoms with E-state index >= 15 is 0 Å². The molecule has 1 aliphatic carbocycles. The lowest BCUT2D eigenvalue weighted by Gasteiger charge is -2.22. The number of nitrogens with zero attached hydrogens (tertiary/aromatic N) is 1. The summed E-state index contributed by atoms with van der Waals surface area (Å²) in [6.45, 7) is 1.60. The zero-order valence-electron chi connectivity index (χ0n) is 13.7. The standard InChI is InChI=1S/C18H23N3O2S/c22-16(13-9-10-13)20-18(24)19-15-8-4-3-7-14(15)17(23)21-11-5-1-2-6-12-21/h3-4,7-8,13H,1-2,5-6,9-12H2,(H2,19,20,22,24). The Morgan fingerprint density at radius 3 is 2.38 bits per heavy atom. The molecule has 24 heavy (non-hydrogen) atoms. The minimum absolute atomic E-state index is 0.0244. The van der Waals surface area contributed by atoms with E-state index in [1.54, 1.807) is 6.07 Å². The molecule has 0 spiro atoms. The number of thiocarbonyl (C=S) groups is 1. The van der Waals surface area contributed by atoms with Gasteiger partial charge in [-0.25, -0.2) is 0 Å². The predicted octanol–water partition coefficient (Wildman–Crippen LogP) is 2.93. The first kappa shape index (κ1) is 16.9. The third-order valence-electron chi connectivity index (χ3n) is 4.48. The van der Waals surface area contributed by atoms with Crippen molar-refractivity contribution in [1.82, 2.24) is 10.2 Å². The Kier molecular flexibility index (Phi) is 5.45. The maximum atomic E-state index is 12.9. The Hall–Kier alpha value is -1.95. The highest BCUT2D eigenvalue weighted by molar-refractivity contribution is 7.80. The number of nitrogens with one attached hydrogen (secondary N) is 2. The number of rotatable bonds is 3. The van der Waals surface area contributed by atoms with Crippen LogP contribution in [0.2, 0.25) is 0 Å². The van der Waals surface area contributed by atoms with E-state index in [1.165, 1.54) is 12.8 Å². The zero-order valence-corrected chi connectivity index (χ0v) is 14.5. The van der Waals surface area contributed by atoms with E-state index in [9.17, 15) is 9.59 Å². The van der Waals surface area contributed by atoms with E-state index in [0.29, 0.717) is 11.3 Å². The van der Waals surface area contributed by atoms with Crippen LogP contribution >= 0.6 is 12.2 Å². The second kappa shape index (κ2) is 7.75. The summed E-state index contributed by atoms with van der Waals surface area (Å²) in [4.78, 5) is 26.6. The van der Waals surface area contributed by atoms with E-state index in [1.807, 2.05) is 23.1 Å². The predicted molar refractivity (Wildman–Crippen MR) is 97.9 cm³/mol. The minimum Gasteiger partial charge on any atom is -0.339 e. The van der Waals surface area contributed by atoms with Gasteiger partial charge in [-0.1, -0.05) is 25.0 Å². The molecule has 1 saturated carbocycles. The Bertz CT molecular complexity index is 635. The first-order chi connectivity index (χ1) is 11.6. The third kappa shape index (κ3) is 4.32. The van der Waals surface area contributed by atoms with E-state index in [-0.39, 0.29) is 22.8 Å². The molecule has 0 unspecified atom stereocenters. The van der Waals surface area contributed by atoms with Crippen LogP contribution in [0, 0.1) is 5.92 Å². The Balaban J connectivity index is 1.68. The maximum Gasteiger partial charge on any atom is 0.255 e. The van der Waals surface area contributed by atoms with Crippen molar-refractivity contribution in [2.45, 2.75) is 38.5 Å². The van der Waals surface area contributed by atoms with Gasteiger partial charge in [-0.2, -0.15) is 0 Å². The normalized spacial score (nSPS) is 17.8. The van der Waals surface area contributed by atoms with Crippen molar-refractivity contribution in [3.8, 4) is 0 Å². The molecule has 0 bridgehead atoms. The van der Waals surface area contributed by atoms with Gasteiger partial charge in [0.25, 0.3) is 5.91 Å². The van der Waals surface area contributed by atoms with E-state index < -0.39 is 0 Å². The second-order valence-corrected chi connectivity index (χ2v) is 6.88. The zero-order chi connectivity index (χ0) is 16.9. The number of carbonyl (C=O) groups is 2. The highest BCUT2D eigenvalue weighted by Gasteiger charge is 2.30. The number of hydrogen-bond donors (Lipinski definition) is 2. The molecule has 2 N–H and O–H groups in total. The summed E-state index contributed by atoms with van der Waals surface area (Å²) in [5, 5.41) is 5.97. The molecular formula is C18H23N3O2S. The largest absolute Gasteiger partial charge is 0.339 e. The molecule has 1 aliphatic heterocycles.